The monoisotopic (exact) mass is 229 g/mol. The van der Waals surface area contributed by atoms with Gasteiger partial charge < -0.3 is 5.11 Å². The molecule has 1 N–H and O–H groups in total. The summed E-state index contributed by atoms with van der Waals surface area (Å²) in [5, 5.41) is 19.6. The highest BCUT2D eigenvalue weighted by Gasteiger charge is 2.08. The molecule has 0 aliphatic rings. The quantitative estimate of drug-likeness (QED) is 0.861. The topological polar surface area (TPSA) is 61.1 Å². The second kappa shape index (κ2) is 4.17. The van der Waals surface area contributed by atoms with Crippen molar-refractivity contribution < 1.29 is 9.90 Å². The van der Waals surface area contributed by atoms with Crippen LogP contribution < -0.4 is 0 Å². The Morgan fingerprint density at radius 1 is 1.38 bits per heavy atom. The normalized spacial score (nSPS) is 9.69. The molecule has 0 unspecified atom stereocenters. The standard InChI is InChI=1S/C12H7NO2S/c13-7-11-10(4-5-16-11)8-2-1-3-9(6-8)12(14)15/h1-6H,(H,14,15). The van der Waals surface area contributed by atoms with E-state index in [0.717, 1.165) is 11.1 Å². The van der Waals surface area contributed by atoms with Crippen LogP contribution in [0, 0.1) is 11.3 Å². The van der Waals surface area contributed by atoms with E-state index < -0.39 is 5.97 Å². The summed E-state index contributed by atoms with van der Waals surface area (Å²) in [6.45, 7) is 0. The van der Waals surface area contributed by atoms with E-state index in [1.807, 2.05) is 11.4 Å². The van der Waals surface area contributed by atoms with Crippen LogP contribution in [0.1, 0.15) is 15.2 Å². The van der Waals surface area contributed by atoms with Crippen molar-refractivity contribution in [3.8, 4) is 17.2 Å². The van der Waals surface area contributed by atoms with Gasteiger partial charge in [0.2, 0.25) is 0 Å². The van der Waals surface area contributed by atoms with Gasteiger partial charge >= 0.3 is 5.97 Å². The minimum absolute atomic E-state index is 0.229. The van der Waals surface area contributed by atoms with Crippen LogP contribution in [0.3, 0.4) is 0 Å². The van der Waals surface area contributed by atoms with Crippen molar-refractivity contribution in [3.05, 3.63) is 46.2 Å². The molecule has 0 bridgehead atoms. The molecule has 0 radical (unpaired) electrons. The highest BCUT2D eigenvalue weighted by molar-refractivity contribution is 7.11. The number of carboxylic acid groups (broad SMARTS) is 1. The number of thiophene rings is 1. The summed E-state index contributed by atoms with van der Waals surface area (Å²) in [6, 6.07) is 10.5. The predicted molar refractivity (Wildman–Crippen MR) is 61.4 cm³/mol. The van der Waals surface area contributed by atoms with E-state index in [2.05, 4.69) is 6.07 Å². The molecule has 0 saturated carbocycles. The largest absolute Gasteiger partial charge is 0.478 e. The lowest BCUT2D eigenvalue weighted by Crippen LogP contribution is -1.95. The maximum Gasteiger partial charge on any atom is 0.335 e. The minimum atomic E-state index is -0.962. The Kier molecular flexibility index (Phi) is 2.71. The average Bonchev–Trinajstić information content (AvgIpc) is 2.77. The Balaban J connectivity index is 2.53. The average molecular weight is 229 g/mol. The Bertz CT molecular complexity index is 581. The summed E-state index contributed by atoms with van der Waals surface area (Å²) in [5.41, 5.74) is 1.78. The fourth-order valence-corrected chi connectivity index (χ4v) is 2.15. The predicted octanol–water partition coefficient (Wildman–Crippen LogP) is 2.98. The van der Waals surface area contributed by atoms with Crippen LogP contribution in [-0.4, -0.2) is 11.1 Å². The van der Waals surface area contributed by atoms with Crippen molar-refractivity contribution in [2.24, 2.45) is 0 Å². The lowest BCUT2D eigenvalue weighted by molar-refractivity contribution is 0.0697. The van der Waals surface area contributed by atoms with Gasteiger partial charge in [-0.25, -0.2) is 4.79 Å². The number of hydrogen-bond acceptors (Lipinski definition) is 3. The van der Waals surface area contributed by atoms with E-state index in [4.69, 9.17) is 10.4 Å². The third-order valence-electron chi connectivity index (χ3n) is 2.19. The van der Waals surface area contributed by atoms with Crippen molar-refractivity contribution in [3.63, 3.8) is 0 Å². The number of hydrogen-bond donors (Lipinski definition) is 1. The first-order valence-corrected chi connectivity index (χ1v) is 5.41. The summed E-state index contributed by atoms with van der Waals surface area (Å²) < 4.78 is 0. The van der Waals surface area contributed by atoms with Crippen LogP contribution in [0.4, 0.5) is 0 Å². The summed E-state index contributed by atoms with van der Waals surface area (Å²) in [6.07, 6.45) is 0. The molecule has 0 aliphatic heterocycles. The van der Waals surface area contributed by atoms with Crippen LogP contribution in [0.5, 0.6) is 0 Å². The molecule has 78 valence electrons. The van der Waals surface area contributed by atoms with Gasteiger partial charge in [-0.2, -0.15) is 5.26 Å². The molecule has 0 spiro atoms. The van der Waals surface area contributed by atoms with E-state index in [0.29, 0.717) is 4.88 Å². The molecule has 0 amide bonds. The van der Waals surface area contributed by atoms with Crippen molar-refractivity contribution in [1.82, 2.24) is 0 Å². The second-order valence-electron chi connectivity index (χ2n) is 3.16. The van der Waals surface area contributed by atoms with Crippen molar-refractivity contribution in [2.75, 3.05) is 0 Å². The molecule has 0 atom stereocenters. The van der Waals surface area contributed by atoms with E-state index >= 15 is 0 Å². The van der Waals surface area contributed by atoms with Gasteiger partial charge in [0, 0.05) is 5.56 Å². The van der Waals surface area contributed by atoms with Crippen molar-refractivity contribution in [2.45, 2.75) is 0 Å². The summed E-state index contributed by atoms with van der Waals surface area (Å²) in [7, 11) is 0. The third kappa shape index (κ3) is 1.81. The van der Waals surface area contributed by atoms with Gasteiger partial charge in [-0.3, -0.25) is 0 Å². The van der Waals surface area contributed by atoms with E-state index in [1.165, 1.54) is 17.4 Å². The van der Waals surface area contributed by atoms with Crippen molar-refractivity contribution in [1.29, 1.82) is 5.26 Å². The van der Waals surface area contributed by atoms with Crippen LogP contribution in [0.25, 0.3) is 11.1 Å². The van der Waals surface area contributed by atoms with Crippen LogP contribution in [0.2, 0.25) is 0 Å². The van der Waals surface area contributed by atoms with Gasteiger partial charge in [-0.15, -0.1) is 11.3 Å². The molecule has 2 aromatic rings. The van der Waals surface area contributed by atoms with E-state index in [1.54, 1.807) is 18.2 Å². The van der Waals surface area contributed by atoms with Gasteiger partial charge in [0.1, 0.15) is 10.9 Å². The molecular weight excluding hydrogens is 222 g/mol. The number of nitriles is 1. The maximum absolute atomic E-state index is 10.8. The zero-order valence-corrected chi connectivity index (χ0v) is 8.99. The molecule has 2 rings (SSSR count). The molecule has 0 fully saturated rings. The van der Waals surface area contributed by atoms with Crippen LogP contribution in [-0.2, 0) is 0 Å². The van der Waals surface area contributed by atoms with Gasteiger partial charge in [-0.05, 0) is 29.1 Å². The third-order valence-corrected chi connectivity index (χ3v) is 3.01. The molecule has 0 saturated heterocycles. The summed E-state index contributed by atoms with van der Waals surface area (Å²) in [5.74, 6) is -0.962. The fourth-order valence-electron chi connectivity index (χ4n) is 1.44. The zero-order chi connectivity index (χ0) is 11.5. The Morgan fingerprint density at radius 2 is 2.19 bits per heavy atom. The Hall–Kier alpha value is -2.12. The molecule has 1 aromatic heterocycles. The Morgan fingerprint density at radius 3 is 2.88 bits per heavy atom. The van der Waals surface area contributed by atoms with Gasteiger partial charge in [0.05, 0.1) is 5.56 Å². The first-order chi connectivity index (χ1) is 7.72. The number of aromatic carboxylic acids is 1. The Labute approximate surface area is 96.2 Å². The highest BCUT2D eigenvalue weighted by atomic mass is 32.1. The molecule has 1 heterocycles. The fraction of sp³-hybridized carbons (Fsp3) is 0. The lowest BCUT2D eigenvalue weighted by Gasteiger charge is -2.00. The first kappa shape index (κ1) is 10.4. The van der Waals surface area contributed by atoms with E-state index in [9.17, 15) is 4.79 Å². The second-order valence-corrected chi connectivity index (χ2v) is 4.08. The van der Waals surface area contributed by atoms with E-state index in [-0.39, 0.29) is 5.56 Å². The molecule has 3 nitrogen and oxygen atoms in total. The lowest BCUT2D eigenvalue weighted by atomic mass is 10.0. The number of rotatable bonds is 2. The molecular formula is C12H7NO2S. The van der Waals surface area contributed by atoms with Gasteiger partial charge in [0.15, 0.2) is 0 Å². The van der Waals surface area contributed by atoms with Gasteiger partial charge in [0.25, 0.3) is 0 Å². The smallest absolute Gasteiger partial charge is 0.335 e. The van der Waals surface area contributed by atoms with Gasteiger partial charge in [-0.1, -0.05) is 12.1 Å². The number of carboxylic acids is 1. The highest BCUT2D eigenvalue weighted by Crippen LogP contribution is 2.28. The van der Waals surface area contributed by atoms with Crippen LogP contribution in [0.15, 0.2) is 35.7 Å². The number of carbonyl (C=O) groups is 1. The molecule has 1 aromatic carbocycles. The molecule has 0 aliphatic carbocycles. The summed E-state index contributed by atoms with van der Waals surface area (Å²) >= 11 is 1.35. The summed E-state index contributed by atoms with van der Waals surface area (Å²) in [4.78, 5) is 11.4. The zero-order valence-electron chi connectivity index (χ0n) is 8.18. The molecule has 4 heteroatoms. The molecule has 16 heavy (non-hydrogen) atoms. The van der Waals surface area contributed by atoms with Crippen LogP contribution >= 0.6 is 11.3 Å². The number of nitrogens with zero attached hydrogens (tertiary/aromatic N) is 1. The number of benzene rings is 1. The SMILES string of the molecule is N#Cc1sccc1-c1cccc(C(=O)O)c1. The van der Waals surface area contributed by atoms with Crippen molar-refractivity contribution >= 4 is 17.3 Å². The minimum Gasteiger partial charge on any atom is -0.478 e. The maximum atomic E-state index is 10.8. The first-order valence-electron chi connectivity index (χ1n) is 4.53.